The van der Waals surface area contributed by atoms with Gasteiger partial charge in [-0.3, -0.25) is 28.8 Å². The first-order valence-corrected chi connectivity index (χ1v) is 39.8. The molecule has 6 N–H and O–H groups in total. The summed E-state index contributed by atoms with van der Waals surface area (Å²) in [5.74, 6) is -13.7. The summed E-state index contributed by atoms with van der Waals surface area (Å²) in [5, 5.41) is 11.6. The summed E-state index contributed by atoms with van der Waals surface area (Å²) in [6, 6.07) is -8.02. The Labute approximate surface area is 679 Å². The fraction of sp³-hybridized carbons (Fsp3) is 0.917. The summed E-state index contributed by atoms with van der Waals surface area (Å²) in [4.78, 5) is 73.8. The van der Waals surface area contributed by atoms with Crippen molar-refractivity contribution in [2.45, 2.75) is 341 Å². The molecule has 0 aromatic heterocycles. The molecule has 22 aliphatic heterocycles. The third-order valence-corrected chi connectivity index (χ3v) is 20.4. The second-order valence-corrected chi connectivity index (χ2v) is 30.0. The van der Waals surface area contributed by atoms with Crippen molar-refractivity contribution in [2.75, 3.05) is 79.3 Å². The number of ether oxygens (including phenoxy) is 18. The molecule has 0 aromatic carbocycles. The maximum Gasteiger partial charge on any atom is 0.471 e. The van der Waals surface area contributed by atoms with Gasteiger partial charge in [0.2, 0.25) is 0 Å². The maximum atomic E-state index is 13.7. The molecule has 22 saturated heterocycles. The van der Waals surface area contributed by atoms with Crippen LogP contribution in [0.1, 0.15) is 157 Å². The van der Waals surface area contributed by atoms with Crippen LogP contribution in [0.2, 0.25) is 0 Å². The van der Waals surface area contributed by atoms with E-state index < -0.39 is 220 Å². The van der Waals surface area contributed by atoms with Gasteiger partial charge in [0.25, 0.3) is 0 Å². The lowest BCUT2D eigenvalue weighted by Gasteiger charge is -2.41. The van der Waals surface area contributed by atoms with E-state index >= 15 is 0 Å². The quantitative estimate of drug-likeness (QED) is 0.136. The van der Waals surface area contributed by atoms with Crippen LogP contribution >= 0.6 is 0 Å². The van der Waals surface area contributed by atoms with E-state index in [4.69, 9.17) is 85.3 Å². The second-order valence-electron chi connectivity index (χ2n) is 30.0. The first-order chi connectivity index (χ1) is 56.3. The van der Waals surface area contributed by atoms with E-state index in [9.17, 15) is 108 Å². The zero-order chi connectivity index (χ0) is 88.5. The highest BCUT2D eigenvalue weighted by molar-refractivity contribution is 5.84. The lowest BCUT2D eigenvalue weighted by molar-refractivity contribution is -0.241. The Kier molecular flexibility index (Phi) is 40.3. The van der Waals surface area contributed by atoms with E-state index in [2.05, 4.69) is 0 Å². The molecular weight excluding hydrogens is 1670 g/mol. The summed E-state index contributed by atoms with van der Waals surface area (Å²) in [6.45, 7) is 7.16. The molecule has 0 spiro atoms. The van der Waals surface area contributed by atoms with Crippen LogP contribution in [0.4, 0.5) is 79.0 Å². The molecule has 0 aliphatic carbocycles. The molecule has 0 aromatic rings. The van der Waals surface area contributed by atoms with Crippen molar-refractivity contribution < 1.29 is 193 Å². The fourth-order valence-corrected chi connectivity index (χ4v) is 14.6. The SMILES string of the molecule is C[C@@H]1O[C@@H]2C[C@@H](NC(=O)C(F)(F)F)[C@H]1OCCCCO[C@H]1[C@H](C)O[C@H](C[C@H]1NC(=O)C(F)(F)F)OCCCCO[C@H]1C[C@@H](NC(=O)C(F)(F)F)[C@@H](OCCCCO[C@H]3[C@H](C)O[C@H](C[C@H]3NC(=O)C(F)(F)F)OCCCCO[C@H]3C[C@@H](NC(=O)C(F)(F)F)[C@@H](OCCCCO[C@H]4[C@H](C)O[C@H](C[C@H]4NC(=O)C(F)(F)F)OCCCCO2)[C@H](C)O3)[C@H](C)O1. The van der Waals surface area contributed by atoms with Gasteiger partial charge in [0, 0.05) is 118 Å². The summed E-state index contributed by atoms with van der Waals surface area (Å²) >= 11 is 0. The third-order valence-electron chi connectivity index (χ3n) is 20.4. The highest BCUT2D eigenvalue weighted by atomic mass is 19.4. The lowest BCUT2D eigenvalue weighted by Crippen LogP contribution is -2.58. The zero-order valence-electron chi connectivity index (χ0n) is 66.7. The predicted molar refractivity (Wildman–Crippen MR) is 371 cm³/mol. The standard InChI is InChI=1S/C72H108F18N6O24/c1-37-55-43(91-61(97)67(73,74)75)31-49(115-37)103-19-7-8-20-104-50-33-45(93-63(99)69(79,80)81)57(39(3)117-50)111-27-15-16-28-112-58-40(4)119-53(35-47(58)95-65(101)71(85,86)87)107-23-11-12-24-108-54-36-48(96-66(102)72(88,89)90)60(42(6)120-54)114-30-18-17-29-113-59-41(5)118-52(34-46(59)94-64(100)70(82,83)84)106-22-10-9-21-105-51-32-44(92-62(98)68(76,77)78)56(38(2)116-51)110-26-14-13-25-109-55/h37-60H,7-36H2,1-6H3,(H,91,97)(H,92,98)(H,93,99)(H,94,100)(H,95,101)(H,96,102)/t37-,38-,39-,40-,41-,42-,43+,44+,45+,46+,47+,48+,49+,50+,51+,52+,53+,54+,55-,56-,57-,58-,59-,60-/m0/s1. The van der Waals surface area contributed by atoms with E-state index in [1.807, 2.05) is 31.9 Å². The number of carbonyl (C=O) groups excluding carboxylic acids is 6. The largest absolute Gasteiger partial charge is 0.471 e. The number of amides is 6. The van der Waals surface area contributed by atoms with Gasteiger partial charge in [0.1, 0.15) is 36.6 Å². The zero-order valence-corrected chi connectivity index (χ0v) is 66.7. The highest BCUT2D eigenvalue weighted by Crippen LogP contribution is 2.35. The Balaban J connectivity index is 0.985. The van der Waals surface area contributed by atoms with Crippen LogP contribution in [0.25, 0.3) is 0 Å². The number of hydrogen-bond acceptors (Lipinski definition) is 24. The number of hydrogen-bond donors (Lipinski definition) is 6. The molecule has 22 rings (SSSR count). The molecule has 12 bridgehead atoms. The van der Waals surface area contributed by atoms with Crippen molar-refractivity contribution in [3.63, 3.8) is 0 Å². The van der Waals surface area contributed by atoms with E-state index in [0.29, 0.717) is 0 Å². The predicted octanol–water partition coefficient (Wildman–Crippen LogP) is 8.18. The number of alkyl halides is 18. The van der Waals surface area contributed by atoms with Gasteiger partial charge >= 0.3 is 72.5 Å². The van der Waals surface area contributed by atoms with Gasteiger partial charge in [-0.2, -0.15) is 79.0 Å². The topological polar surface area (TPSA) is 341 Å². The van der Waals surface area contributed by atoms with Crippen molar-refractivity contribution >= 4 is 35.4 Å². The van der Waals surface area contributed by atoms with Crippen LogP contribution < -0.4 is 31.9 Å². The van der Waals surface area contributed by atoms with Crippen molar-refractivity contribution in [3.8, 4) is 0 Å². The monoisotopic (exact) mass is 1780 g/mol. The number of carbonyl (C=O) groups is 6. The first-order valence-electron chi connectivity index (χ1n) is 39.8. The van der Waals surface area contributed by atoms with Crippen LogP contribution in [0.15, 0.2) is 0 Å². The van der Waals surface area contributed by atoms with E-state index in [-0.39, 0.29) is 195 Å². The van der Waals surface area contributed by atoms with Crippen LogP contribution in [0.5, 0.6) is 0 Å². The summed E-state index contributed by atoms with van der Waals surface area (Å²) in [6.07, 6.45) is -52.3. The number of halogens is 18. The second kappa shape index (κ2) is 47.4. The van der Waals surface area contributed by atoms with Crippen molar-refractivity contribution in [2.24, 2.45) is 0 Å². The van der Waals surface area contributed by atoms with Gasteiger partial charge in [-0.1, -0.05) is 0 Å². The Bertz CT molecular complexity index is 2610. The average Bonchev–Trinajstić information content (AvgIpc) is 0.845. The molecule has 0 saturated carbocycles. The minimum Gasteiger partial charge on any atom is -0.373 e. The molecule has 22 heterocycles. The van der Waals surface area contributed by atoms with Gasteiger partial charge in [-0.05, 0) is 119 Å². The molecule has 24 atom stereocenters. The summed E-state index contributed by atoms with van der Waals surface area (Å²) in [5.41, 5.74) is 0. The normalized spacial score (nSPS) is 35.6. The maximum absolute atomic E-state index is 13.7. The fourth-order valence-electron chi connectivity index (χ4n) is 14.6. The van der Waals surface area contributed by atoms with Gasteiger partial charge in [0.05, 0.1) is 72.9 Å². The first kappa shape index (κ1) is 102. The highest BCUT2D eigenvalue weighted by Gasteiger charge is 2.52. The third kappa shape index (κ3) is 33.6. The molecule has 0 unspecified atom stereocenters. The van der Waals surface area contributed by atoms with E-state index in [1.54, 1.807) is 0 Å². The smallest absolute Gasteiger partial charge is 0.373 e. The Hall–Kier alpha value is -5.16. The minimum atomic E-state index is -5.32. The Morgan fingerprint density at radius 1 is 0.200 bits per heavy atom. The Morgan fingerprint density at radius 3 is 0.417 bits per heavy atom. The molecule has 22 fully saturated rings. The Morgan fingerprint density at radius 2 is 0.308 bits per heavy atom. The lowest BCUT2D eigenvalue weighted by atomic mass is 9.98. The molecule has 30 nitrogen and oxygen atoms in total. The molecule has 22 aliphatic rings. The molecule has 6 amide bonds. The van der Waals surface area contributed by atoms with Gasteiger partial charge in [-0.15, -0.1) is 0 Å². The molecule has 48 heteroatoms. The van der Waals surface area contributed by atoms with Crippen molar-refractivity contribution in [1.29, 1.82) is 0 Å². The van der Waals surface area contributed by atoms with Crippen molar-refractivity contribution in [3.05, 3.63) is 0 Å². The number of nitrogens with one attached hydrogen (secondary N) is 6. The van der Waals surface area contributed by atoms with Gasteiger partial charge < -0.3 is 117 Å². The molecule has 0 radical (unpaired) electrons. The van der Waals surface area contributed by atoms with Crippen LogP contribution in [-0.2, 0) is 114 Å². The molecule has 696 valence electrons. The summed E-state index contributed by atoms with van der Waals surface area (Å²) in [7, 11) is 0. The molecule has 120 heavy (non-hydrogen) atoms. The van der Waals surface area contributed by atoms with Crippen LogP contribution in [-0.4, -0.2) is 299 Å². The van der Waals surface area contributed by atoms with Gasteiger partial charge in [-0.25, -0.2) is 0 Å². The van der Waals surface area contributed by atoms with E-state index in [1.165, 1.54) is 41.5 Å². The summed E-state index contributed by atoms with van der Waals surface area (Å²) < 4.78 is 352. The minimum absolute atomic E-state index is 0.0927. The van der Waals surface area contributed by atoms with E-state index in [0.717, 1.165) is 0 Å². The van der Waals surface area contributed by atoms with Gasteiger partial charge in [0.15, 0.2) is 37.7 Å². The van der Waals surface area contributed by atoms with Crippen molar-refractivity contribution in [1.82, 2.24) is 31.9 Å². The average molecular weight is 1780 g/mol. The van der Waals surface area contributed by atoms with Crippen LogP contribution in [0, 0.1) is 0 Å². The molecular formula is C72H108F18N6O24. The number of rotatable bonds is 6. The van der Waals surface area contributed by atoms with Crippen LogP contribution in [0.3, 0.4) is 0 Å².